The molecule has 2 aromatic rings. The molecule has 0 aliphatic carbocycles. The lowest BCUT2D eigenvalue weighted by Crippen LogP contribution is -2.35. The average Bonchev–Trinajstić information content (AvgIpc) is 2.63. The lowest BCUT2D eigenvalue weighted by Gasteiger charge is -2.26. The Morgan fingerprint density at radius 1 is 1.16 bits per heavy atom. The fourth-order valence-electron chi connectivity index (χ4n) is 2.90. The van der Waals surface area contributed by atoms with Crippen molar-refractivity contribution in [3.63, 3.8) is 0 Å². The first-order chi connectivity index (χ1) is 12.1. The molecule has 0 radical (unpaired) electrons. The summed E-state index contributed by atoms with van der Waals surface area (Å²) in [4.78, 5) is 24.0. The van der Waals surface area contributed by atoms with Gasteiger partial charge >= 0.3 is 6.03 Å². The molecular weight excluding hydrogens is 318 g/mol. The van der Waals surface area contributed by atoms with E-state index in [1.807, 2.05) is 31.2 Å². The number of carbonyl (C=O) groups is 2. The molecule has 25 heavy (non-hydrogen) atoms. The van der Waals surface area contributed by atoms with Crippen molar-refractivity contribution >= 4 is 17.6 Å². The molecule has 0 fully saturated rings. The first-order valence-electron chi connectivity index (χ1n) is 8.20. The SMILES string of the molecule is CNC(=O)c1ccc(NC(=O)NC2CCOc3ccccc32)c(C)c1. The second-order valence-corrected chi connectivity index (χ2v) is 5.93. The van der Waals surface area contributed by atoms with Gasteiger partial charge in [-0.15, -0.1) is 0 Å². The van der Waals surface area contributed by atoms with Crippen molar-refractivity contribution in [1.29, 1.82) is 0 Å². The Hall–Kier alpha value is -3.02. The van der Waals surface area contributed by atoms with Gasteiger partial charge in [0.2, 0.25) is 0 Å². The summed E-state index contributed by atoms with van der Waals surface area (Å²) in [6, 6.07) is 12.5. The van der Waals surface area contributed by atoms with Crippen LogP contribution in [0.2, 0.25) is 0 Å². The third-order valence-electron chi connectivity index (χ3n) is 4.23. The Morgan fingerprint density at radius 2 is 1.96 bits per heavy atom. The molecular formula is C19H21N3O3. The van der Waals surface area contributed by atoms with Crippen LogP contribution >= 0.6 is 0 Å². The molecule has 3 N–H and O–H groups in total. The van der Waals surface area contributed by atoms with Gasteiger partial charge in [0.1, 0.15) is 5.75 Å². The maximum absolute atomic E-state index is 12.4. The number of para-hydroxylation sites is 1. The quantitative estimate of drug-likeness (QED) is 0.804. The molecule has 2 aromatic carbocycles. The molecule has 0 aromatic heterocycles. The summed E-state index contributed by atoms with van der Waals surface area (Å²) in [6.45, 7) is 2.42. The van der Waals surface area contributed by atoms with E-state index < -0.39 is 0 Å². The second-order valence-electron chi connectivity index (χ2n) is 5.93. The van der Waals surface area contributed by atoms with Gasteiger partial charge in [0.25, 0.3) is 5.91 Å². The summed E-state index contributed by atoms with van der Waals surface area (Å²) in [6.07, 6.45) is 0.721. The second kappa shape index (κ2) is 7.25. The number of nitrogens with one attached hydrogen (secondary N) is 3. The number of benzene rings is 2. The zero-order chi connectivity index (χ0) is 17.8. The lowest BCUT2D eigenvalue weighted by atomic mass is 10.0. The van der Waals surface area contributed by atoms with Gasteiger partial charge < -0.3 is 20.7 Å². The molecule has 0 spiro atoms. The molecule has 130 valence electrons. The number of hydrogen-bond acceptors (Lipinski definition) is 3. The molecule has 1 aliphatic rings. The highest BCUT2D eigenvalue weighted by atomic mass is 16.5. The van der Waals surface area contributed by atoms with Gasteiger partial charge in [-0.05, 0) is 36.8 Å². The number of rotatable bonds is 3. The van der Waals surface area contributed by atoms with Crippen LogP contribution in [-0.2, 0) is 0 Å². The first-order valence-corrected chi connectivity index (χ1v) is 8.20. The zero-order valence-electron chi connectivity index (χ0n) is 14.3. The van der Waals surface area contributed by atoms with Gasteiger partial charge in [-0.3, -0.25) is 4.79 Å². The van der Waals surface area contributed by atoms with E-state index in [2.05, 4.69) is 16.0 Å². The fourth-order valence-corrected chi connectivity index (χ4v) is 2.90. The fraction of sp³-hybridized carbons (Fsp3) is 0.263. The van der Waals surface area contributed by atoms with E-state index in [4.69, 9.17) is 4.74 Å². The predicted octanol–water partition coefficient (Wildman–Crippen LogP) is 3.00. The van der Waals surface area contributed by atoms with E-state index in [0.29, 0.717) is 17.9 Å². The van der Waals surface area contributed by atoms with Crippen molar-refractivity contribution in [2.75, 3.05) is 19.0 Å². The number of carbonyl (C=O) groups excluding carboxylic acids is 2. The Balaban J connectivity index is 1.69. The van der Waals surface area contributed by atoms with Crippen molar-refractivity contribution in [1.82, 2.24) is 10.6 Å². The van der Waals surface area contributed by atoms with Crippen LogP contribution in [0.4, 0.5) is 10.5 Å². The minimum atomic E-state index is -0.280. The maximum Gasteiger partial charge on any atom is 0.319 e. The summed E-state index contributed by atoms with van der Waals surface area (Å²) in [5.74, 6) is 0.656. The van der Waals surface area contributed by atoms with Gasteiger partial charge in [-0.2, -0.15) is 0 Å². The molecule has 1 atom stereocenters. The minimum Gasteiger partial charge on any atom is -0.493 e. The smallest absolute Gasteiger partial charge is 0.319 e. The van der Waals surface area contributed by atoms with Crippen molar-refractivity contribution < 1.29 is 14.3 Å². The topological polar surface area (TPSA) is 79.5 Å². The van der Waals surface area contributed by atoms with E-state index in [1.54, 1.807) is 25.2 Å². The minimum absolute atomic E-state index is 0.0876. The molecule has 3 amide bonds. The lowest BCUT2D eigenvalue weighted by molar-refractivity contribution is 0.0963. The van der Waals surface area contributed by atoms with Crippen molar-refractivity contribution in [2.45, 2.75) is 19.4 Å². The van der Waals surface area contributed by atoms with Crippen molar-refractivity contribution in [3.05, 3.63) is 59.2 Å². The highest BCUT2D eigenvalue weighted by Crippen LogP contribution is 2.31. The summed E-state index contributed by atoms with van der Waals surface area (Å²) >= 11 is 0. The van der Waals surface area contributed by atoms with E-state index in [0.717, 1.165) is 23.3 Å². The summed E-state index contributed by atoms with van der Waals surface area (Å²) in [7, 11) is 1.59. The van der Waals surface area contributed by atoms with Crippen LogP contribution in [0.5, 0.6) is 5.75 Å². The highest BCUT2D eigenvalue weighted by molar-refractivity contribution is 5.96. The molecule has 0 saturated carbocycles. The van der Waals surface area contributed by atoms with Crippen LogP contribution < -0.4 is 20.7 Å². The van der Waals surface area contributed by atoms with Gasteiger partial charge in [0, 0.05) is 30.3 Å². The van der Waals surface area contributed by atoms with E-state index >= 15 is 0 Å². The first kappa shape index (κ1) is 16.8. The Labute approximate surface area is 146 Å². The number of aryl methyl sites for hydroxylation is 1. The molecule has 3 rings (SSSR count). The summed E-state index contributed by atoms with van der Waals surface area (Å²) in [5, 5.41) is 8.42. The predicted molar refractivity (Wildman–Crippen MR) is 96.0 cm³/mol. The Kier molecular flexibility index (Phi) is 4.88. The Morgan fingerprint density at radius 3 is 2.72 bits per heavy atom. The maximum atomic E-state index is 12.4. The summed E-state index contributed by atoms with van der Waals surface area (Å²) < 4.78 is 5.61. The number of ether oxygens (including phenoxy) is 1. The van der Waals surface area contributed by atoms with Crippen LogP contribution in [-0.4, -0.2) is 25.6 Å². The van der Waals surface area contributed by atoms with Crippen LogP contribution in [0, 0.1) is 6.92 Å². The molecule has 0 bridgehead atoms. The molecule has 1 aliphatic heterocycles. The van der Waals surface area contributed by atoms with Crippen molar-refractivity contribution in [2.24, 2.45) is 0 Å². The van der Waals surface area contributed by atoms with E-state index in [9.17, 15) is 9.59 Å². The normalized spacial score (nSPS) is 15.5. The molecule has 1 unspecified atom stereocenters. The summed E-state index contributed by atoms with van der Waals surface area (Å²) in [5.41, 5.74) is 3.04. The van der Waals surface area contributed by atoms with Gasteiger partial charge in [0.15, 0.2) is 0 Å². The van der Waals surface area contributed by atoms with E-state index in [-0.39, 0.29) is 18.0 Å². The monoisotopic (exact) mass is 339 g/mol. The number of urea groups is 1. The van der Waals surface area contributed by atoms with Gasteiger partial charge in [-0.1, -0.05) is 18.2 Å². The van der Waals surface area contributed by atoms with Crippen LogP contribution in [0.15, 0.2) is 42.5 Å². The molecule has 1 heterocycles. The molecule has 6 heteroatoms. The number of anilines is 1. The van der Waals surface area contributed by atoms with Gasteiger partial charge in [-0.25, -0.2) is 4.79 Å². The third kappa shape index (κ3) is 3.74. The molecule has 0 saturated heterocycles. The number of fused-ring (bicyclic) bond motifs is 1. The number of amides is 3. The van der Waals surface area contributed by atoms with E-state index in [1.165, 1.54) is 0 Å². The Bertz CT molecular complexity index is 804. The van der Waals surface area contributed by atoms with Crippen LogP contribution in [0.25, 0.3) is 0 Å². The average molecular weight is 339 g/mol. The van der Waals surface area contributed by atoms with Crippen molar-refractivity contribution in [3.8, 4) is 5.75 Å². The highest BCUT2D eigenvalue weighted by Gasteiger charge is 2.22. The van der Waals surface area contributed by atoms with Crippen LogP contribution in [0.1, 0.15) is 33.9 Å². The number of hydrogen-bond donors (Lipinski definition) is 3. The largest absolute Gasteiger partial charge is 0.493 e. The third-order valence-corrected chi connectivity index (χ3v) is 4.23. The van der Waals surface area contributed by atoms with Gasteiger partial charge in [0.05, 0.1) is 12.6 Å². The van der Waals surface area contributed by atoms with Crippen LogP contribution in [0.3, 0.4) is 0 Å². The molecule has 6 nitrogen and oxygen atoms in total. The standard InChI is InChI=1S/C19H21N3O3/c1-12-11-13(18(23)20-2)7-8-15(12)21-19(24)22-16-9-10-25-17-6-4-3-5-14(16)17/h3-8,11,16H,9-10H2,1-2H3,(H,20,23)(H2,21,22,24). The zero-order valence-corrected chi connectivity index (χ0v) is 14.3.